The van der Waals surface area contributed by atoms with Crippen molar-refractivity contribution in [3.05, 3.63) is 69.8 Å². The topological polar surface area (TPSA) is 114 Å². The molecule has 2 rings (SSSR count). The van der Waals surface area contributed by atoms with Crippen molar-refractivity contribution in [2.75, 3.05) is 5.32 Å². The number of carbonyl (C=O) groups excluding carboxylic acids is 2. The molecule has 0 aromatic heterocycles. The van der Waals surface area contributed by atoms with Gasteiger partial charge in [-0.2, -0.15) is 5.10 Å². The van der Waals surface area contributed by atoms with Gasteiger partial charge in [0.05, 0.1) is 10.6 Å². The van der Waals surface area contributed by atoms with Gasteiger partial charge in [-0.1, -0.05) is 6.92 Å². The Morgan fingerprint density at radius 1 is 1.04 bits per heavy atom. The Morgan fingerprint density at radius 3 is 2.15 bits per heavy atom. The maximum Gasteiger partial charge on any atom is 0.271 e. The van der Waals surface area contributed by atoms with Crippen LogP contribution in [0.1, 0.15) is 36.2 Å². The summed E-state index contributed by atoms with van der Waals surface area (Å²) in [6.45, 7) is 3.44. The predicted octanol–water partition coefficient (Wildman–Crippen LogP) is 3.10. The van der Waals surface area contributed by atoms with Gasteiger partial charge in [-0.05, 0) is 48.9 Å². The minimum atomic E-state index is -0.482. The van der Waals surface area contributed by atoms with Crippen LogP contribution in [0, 0.1) is 10.1 Å². The van der Waals surface area contributed by atoms with Gasteiger partial charge in [0.25, 0.3) is 11.6 Å². The molecule has 0 heterocycles. The zero-order valence-electron chi connectivity index (χ0n) is 14.4. The van der Waals surface area contributed by atoms with Crippen LogP contribution in [-0.2, 0) is 4.79 Å². The maximum atomic E-state index is 12.1. The van der Waals surface area contributed by atoms with E-state index in [9.17, 15) is 19.7 Å². The van der Waals surface area contributed by atoms with E-state index in [1.54, 1.807) is 50.2 Å². The van der Waals surface area contributed by atoms with Crippen LogP contribution in [0.15, 0.2) is 53.6 Å². The first-order valence-electron chi connectivity index (χ1n) is 7.90. The van der Waals surface area contributed by atoms with Crippen LogP contribution in [0.25, 0.3) is 0 Å². The van der Waals surface area contributed by atoms with Crippen molar-refractivity contribution in [3.63, 3.8) is 0 Å². The number of rotatable bonds is 6. The molecule has 0 saturated heterocycles. The molecule has 0 aliphatic rings. The van der Waals surface area contributed by atoms with Crippen molar-refractivity contribution in [1.82, 2.24) is 5.43 Å². The van der Waals surface area contributed by atoms with E-state index in [-0.39, 0.29) is 11.6 Å². The van der Waals surface area contributed by atoms with Crippen molar-refractivity contribution < 1.29 is 14.5 Å². The number of nitrogens with one attached hydrogen (secondary N) is 2. The van der Waals surface area contributed by atoms with Gasteiger partial charge in [-0.3, -0.25) is 19.7 Å². The van der Waals surface area contributed by atoms with Crippen LogP contribution >= 0.6 is 0 Å². The fourth-order valence-corrected chi connectivity index (χ4v) is 2.04. The highest BCUT2D eigenvalue weighted by atomic mass is 16.6. The zero-order valence-corrected chi connectivity index (χ0v) is 14.4. The van der Waals surface area contributed by atoms with E-state index >= 15 is 0 Å². The molecule has 0 radical (unpaired) electrons. The van der Waals surface area contributed by atoms with Gasteiger partial charge in [0.1, 0.15) is 0 Å². The van der Waals surface area contributed by atoms with Gasteiger partial charge in [0, 0.05) is 29.8 Å². The zero-order chi connectivity index (χ0) is 19.1. The van der Waals surface area contributed by atoms with Crippen molar-refractivity contribution in [2.24, 2.45) is 5.10 Å². The molecule has 2 amide bonds. The van der Waals surface area contributed by atoms with Crippen LogP contribution in [0.5, 0.6) is 0 Å². The summed E-state index contributed by atoms with van der Waals surface area (Å²) in [6.07, 6.45) is 0.374. The summed E-state index contributed by atoms with van der Waals surface area (Å²) in [4.78, 5) is 33.6. The van der Waals surface area contributed by atoms with E-state index in [0.29, 0.717) is 28.9 Å². The molecule has 0 aliphatic heterocycles. The molecule has 0 aliphatic carbocycles. The van der Waals surface area contributed by atoms with E-state index in [0.717, 1.165) is 0 Å². The van der Waals surface area contributed by atoms with E-state index in [1.165, 1.54) is 12.1 Å². The van der Waals surface area contributed by atoms with Gasteiger partial charge in [0.2, 0.25) is 5.91 Å². The minimum Gasteiger partial charge on any atom is -0.326 e. The Kier molecular flexibility index (Phi) is 6.15. The summed E-state index contributed by atoms with van der Waals surface area (Å²) in [5.74, 6) is -0.509. The Morgan fingerprint density at radius 2 is 1.62 bits per heavy atom. The molecule has 134 valence electrons. The number of nitro groups is 1. The first-order valence-corrected chi connectivity index (χ1v) is 7.90. The second kappa shape index (κ2) is 8.52. The lowest BCUT2D eigenvalue weighted by molar-refractivity contribution is -0.384. The number of hydrogen-bond acceptors (Lipinski definition) is 5. The summed E-state index contributed by atoms with van der Waals surface area (Å²) >= 11 is 0. The van der Waals surface area contributed by atoms with Crippen molar-refractivity contribution in [2.45, 2.75) is 20.3 Å². The van der Waals surface area contributed by atoms with Crippen molar-refractivity contribution in [3.8, 4) is 0 Å². The smallest absolute Gasteiger partial charge is 0.271 e. The number of hydrazone groups is 1. The molecule has 2 N–H and O–H groups in total. The van der Waals surface area contributed by atoms with Gasteiger partial charge in [-0.25, -0.2) is 5.43 Å². The van der Waals surface area contributed by atoms with Gasteiger partial charge in [0.15, 0.2) is 0 Å². The molecule has 0 spiro atoms. The molecule has 0 unspecified atom stereocenters. The second-order valence-electron chi connectivity index (χ2n) is 5.42. The third kappa shape index (κ3) is 4.97. The monoisotopic (exact) mass is 354 g/mol. The lowest BCUT2D eigenvalue weighted by Crippen LogP contribution is -2.19. The molecule has 0 bridgehead atoms. The average Bonchev–Trinajstić information content (AvgIpc) is 2.66. The van der Waals surface area contributed by atoms with E-state index in [2.05, 4.69) is 15.8 Å². The largest absolute Gasteiger partial charge is 0.326 e. The van der Waals surface area contributed by atoms with Crippen molar-refractivity contribution >= 4 is 28.9 Å². The summed E-state index contributed by atoms with van der Waals surface area (Å²) in [6, 6.07) is 12.3. The quantitative estimate of drug-likeness (QED) is 0.471. The highest BCUT2D eigenvalue weighted by Crippen LogP contribution is 2.13. The highest BCUT2D eigenvalue weighted by molar-refractivity contribution is 6.01. The standard InChI is InChI=1S/C18H18N4O4/c1-3-17(23)19-15-8-4-14(5-9-15)18(24)21-20-12(2)13-6-10-16(11-7-13)22(25)26/h4-11H,3H2,1-2H3,(H,19,23)(H,21,24)/b20-12+. The molecule has 8 heteroatoms. The third-order valence-corrected chi connectivity index (χ3v) is 3.57. The number of nitro benzene ring substituents is 1. The van der Waals surface area contributed by atoms with Crippen LogP contribution in [0.4, 0.5) is 11.4 Å². The lowest BCUT2D eigenvalue weighted by Gasteiger charge is -2.05. The molecule has 2 aromatic rings. The molecule has 0 atom stereocenters. The van der Waals surface area contributed by atoms with E-state index < -0.39 is 10.8 Å². The molecular weight excluding hydrogens is 336 g/mol. The molecular formula is C18H18N4O4. The third-order valence-electron chi connectivity index (χ3n) is 3.57. The molecule has 2 aromatic carbocycles. The molecule has 0 fully saturated rings. The number of benzene rings is 2. The van der Waals surface area contributed by atoms with E-state index in [4.69, 9.17) is 0 Å². The fraction of sp³-hybridized carbons (Fsp3) is 0.167. The SMILES string of the molecule is CCC(=O)Nc1ccc(C(=O)N/N=C(\C)c2ccc([N+](=O)[O-])cc2)cc1. The first kappa shape index (κ1) is 18.8. The number of carbonyl (C=O) groups is 2. The maximum absolute atomic E-state index is 12.1. The average molecular weight is 354 g/mol. The van der Waals surface area contributed by atoms with Crippen LogP contribution < -0.4 is 10.7 Å². The lowest BCUT2D eigenvalue weighted by atomic mass is 10.1. The van der Waals surface area contributed by atoms with Gasteiger partial charge in [-0.15, -0.1) is 0 Å². The van der Waals surface area contributed by atoms with Crippen LogP contribution in [0.3, 0.4) is 0 Å². The summed E-state index contributed by atoms with van der Waals surface area (Å²) in [5, 5.41) is 17.4. The second-order valence-corrected chi connectivity index (χ2v) is 5.42. The summed E-state index contributed by atoms with van der Waals surface area (Å²) < 4.78 is 0. The summed E-state index contributed by atoms with van der Waals surface area (Å²) in [5.41, 5.74) is 4.59. The molecule has 8 nitrogen and oxygen atoms in total. The Hall–Kier alpha value is -3.55. The number of hydrogen-bond donors (Lipinski definition) is 2. The highest BCUT2D eigenvalue weighted by Gasteiger charge is 2.08. The van der Waals surface area contributed by atoms with Crippen molar-refractivity contribution in [1.29, 1.82) is 0 Å². The number of nitrogens with zero attached hydrogens (tertiary/aromatic N) is 2. The number of amides is 2. The summed E-state index contributed by atoms with van der Waals surface area (Å²) in [7, 11) is 0. The predicted molar refractivity (Wildman–Crippen MR) is 98.1 cm³/mol. The minimum absolute atomic E-state index is 0.0131. The fourth-order valence-electron chi connectivity index (χ4n) is 2.04. The Bertz CT molecular complexity index is 842. The normalized spacial score (nSPS) is 10.9. The number of anilines is 1. The number of non-ortho nitro benzene ring substituents is 1. The van der Waals surface area contributed by atoms with Crippen LogP contribution in [0.2, 0.25) is 0 Å². The Labute approximate surface area is 150 Å². The molecule has 0 saturated carbocycles. The van der Waals surface area contributed by atoms with Gasteiger partial charge < -0.3 is 5.32 Å². The van der Waals surface area contributed by atoms with Crippen LogP contribution in [-0.4, -0.2) is 22.4 Å². The Balaban J connectivity index is 2.01. The van der Waals surface area contributed by atoms with Gasteiger partial charge >= 0.3 is 0 Å². The first-order chi connectivity index (χ1) is 12.4. The molecule has 26 heavy (non-hydrogen) atoms. The van der Waals surface area contributed by atoms with E-state index in [1.807, 2.05) is 0 Å².